The molecule has 4 aromatic rings. The molecule has 2 aromatic heterocycles. The monoisotopic (exact) mass is 457 g/mol. The molecule has 0 saturated carbocycles. The number of Topliss-reactive ketones (excluding diaryl/α,β-unsaturated/α-hetero) is 1. The van der Waals surface area contributed by atoms with E-state index in [2.05, 4.69) is 43.9 Å². The van der Waals surface area contributed by atoms with Crippen LogP contribution in [0.2, 0.25) is 0 Å². The maximum atomic E-state index is 13.6. The average molecular weight is 458 g/mol. The van der Waals surface area contributed by atoms with Gasteiger partial charge >= 0.3 is 5.69 Å². The highest BCUT2D eigenvalue weighted by molar-refractivity contribution is 5.96. The highest BCUT2D eigenvalue weighted by Gasteiger charge is 2.30. The molecule has 0 amide bonds. The molecule has 5 rings (SSSR count). The van der Waals surface area contributed by atoms with Gasteiger partial charge in [-0.15, -0.1) is 0 Å². The van der Waals surface area contributed by atoms with Gasteiger partial charge in [-0.2, -0.15) is 4.98 Å². The van der Waals surface area contributed by atoms with Crippen molar-refractivity contribution in [3.8, 4) is 0 Å². The van der Waals surface area contributed by atoms with Crippen LogP contribution < -0.4 is 16.1 Å². The largest absolute Gasteiger partial charge is 0.332 e. The van der Waals surface area contributed by atoms with Crippen molar-refractivity contribution in [1.29, 1.82) is 0 Å². The molecule has 8 heteroatoms. The standard InChI is InChI=1S/C26H27N5O3/c1-16-13-29(20-11-10-17(2)18(3)12-20)25-27-23-22(30(25)14-16)24(33)31(26(34)28(23)4)15-21(32)19-8-6-5-7-9-19/h5-12,16H,13-15H2,1-4H3/t16-/m0/s1. The maximum Gasteiger partial charge on any atom is 0.332 e. The van der Waals surface area contributed by atoms with Gasteiger partial charge in [0.15, 0.2) is 16.9 Å². The molecule has 0 fully saturated rings. The van der Waals surface area contributed by atoms with Crippen LogP contribution in [0.4, 0.5) is 11.6 Å². The van der Waals surface area contributed by atoms with Gasteiger partial charge in [0.05, 0.1) is 6.54 Å². The van der Waals surface area contributed by atoms with E-state index < -0.39 is 11.2 Å². The Morgan fingerprint density at radius 2 is 1.76 bits per heavy atom. The van der Waals surface area contributed by atoms with Crippen LogP contribution in [0.15, 0.2) is 58.1 Å². The summed E-state index contributed by atoms with van der Waals surface area (Å²) < 4.78 is 4.28. The molecule has 0 spiro atoms. The van der Waals surface area contributed by atoms with Gasteiger partial charge in [-0.3, -0.25) is 18.7 Å². The number of nitrogens with zero attached hydrogens (tertiary/aromatic N) is 5. The molecule has 174 valence electrons. The van der Waals surface area contributed by atoms with Crippen LogP contribution in [0, 0.1) is 19.8 Å². The minimum absolute atomic E-state index is 0.252. The summed E-state index contributed by atoms with van der Waals surface area (Å²) >= 11 is 0. The van der Waals surface area contributed by atoms with Gasteiger partial charge in [-0.1, -0.05) is 43.3 Å². The number of benzene rings is 2. The summed E-state index contributed by atoms with van der Waals surface area (Å²) in [6, 6.07) is 14.9. The fourth-order valence-corrected chi connectivity index (χ4v) is 4.61. The molecule has 0 N–H and O–H groups in total. The van der Waals surface area contributed by atoms with E-state index in [1.807, 2.05) is 10.6 Å². The van der Waals surface area contributed by atoms with Gasteiger partial charge in [-0.05, 0) is 43.0 Å². The fraction of sp³-hybridized carbons (Fsp3) is 0.308. The first-order chi connectivity index (χ1) is 16.3. The average Bonchev–Trinajstić information content (AvgIpc) is 3.21. The van der Waals surface area contributed by atoms with Gasteiger partial charge in [0.2, 0.25) is 5.95 Å². The van der Waals surface area contributed by atoms with Crippen molar-refractivity contribution < 1.29 is 4.79 Å². The quantitative estimate of drug-likeness (QED) is 0.440. The number of imidazole rings is 1. The molecule has 8 nitrogen and oxygen atoms in total. The first-order valence-electron chi connectivity index (χ1n) is 11.4. The van der Waals surface area contributed by atoms with Crippen LogP contribution in [-0.4, -0.2) is 31.0 Å². The van der Waals surface area contributed by atoms with Crippen LogP contribution in [0.3, 0.4) is 0 Å². The predicted octanol–water partition coefficient (Wildman–Crippen LogP) is 3.18. The Hall–Kier alpha value is -3.94. The lowest BCUT2D eigenvalue weighted by Crippen LogP contribution is -2.42. The molecule has 0 aliphatic carbocycles. The van der Waals surface area contributed by atoms with Crippen molar-refractivity contribution in [2.24, 2.45) is 13.0 Å². The third-order valence-corrected chi connectivity index (χ3v) is 6.64. The predicted molar refractivity (Wildman–Crippen MR) is 132 cm³/mol. The van der Waals surface area contributed by atoms with Crippen molar-refractivity contribution in [3.63, 3.8) is 0 Å². The van der Waals surface area contributed by atoms with Gasteiger partial charge in [0.25, 0.3) is 5.56 Å². The highest BCUT2D eigenvalue weighted by Crippen LogP contribution is 2.33. The van der Waals surface area contributed by atoms with Gasteiger partial charge in [0.1, 0.15) is 0 Å². The number of rotatable bonds is 4. The Morgan fingerprint density at radius 1 is 1.03 bits per heavy atom. The summed E-state index contributed by atoms with van der Waals surface area (Å²) in [5.41, 5.74) is 3.47. The number of anilines is 2. The Labute approximate surface area is 196 Å². The highest BCUT2D eigenvalue weighted by atomic mass is 16.2. The van der Waals surface area contributed by atoms with Crippen molar-refractivity contribution in [2.45, 2.75) is 33.9 Å². The van der Waals surface area contributed by atoms with Crippen LogP contribution in [0.1, 0.15) is 28.4 Å². The molecule has 2 aromatic carbocycles. The van der Waals surface area contributed by atoms with Gasteiger partial charge in [-0.25, -0.2) is 4.79 Å². The number of carbonyl (C=O) groups is 1. The van der Waals surface area contributed by atoms with E-state index >= 15 is 0 Å². The molecule has 1 atom stereocenters. The number of aryl methyl sites for hydroxylation is 3. The number of hydrogen-bond acceptors (Lipinski definition) is 5. The minimum Gasteiger partial charge on any atom is -0.312 e. The minimum atomic E-state index is -0.553. The zero-order valence-corrected chi connectivity index (χ0v) is 19.8. The molecule has 0 saturated heterocycles. The molecular formula is C26H27N5O3. The second-order valence-electron chi connectivity index (χ2n) is 9.20. The van der Waals surface area contributed by atoms with Gasteiger partial charge in [0, 0.05) is 31.4 Å². The first-order valence-corrected chi connectivity index (χ1v) is 11.4. The van der Waals surface area contributed by atoms with E-state index in [0.717, 1.165) is 16.8 Å². The fourth-order valence-electron chi connectivity index (χ4n) is 4.61. The van der Waals surface area contributed by atoms with E-state index in [9.17, 15) is 14.4 Å². The third kappa shape index (κ3) is 3.46. The SMILES string of the molecule is Cc1ccc(N2C[C@H](C)Cn3c2nc2c3c(=O)n(CC(=O)c3ccccc3)c(=O)n2C)cc1C. The summed E-state index contributed by atoms with van der Waals surface area (Å²) in [5, 5.41) is 0. The second-order valence-corrected chi connectivity index (χ2v) is 9.20. The zero-order valence-electron chi connectivity index (χ0n) is 19.8. The third-order valence-electron chi connectivity index (χ3n) is 6.64. The number of carbonyl (C=O) groups excluding carboxylic acids is 1. The zero-order chi connectivity index (χ0) is 24.1. The number of aromatic nitrogens is 4. The molecule has 34 heavy (non-hydrogen) atoms. The summed E-state index contributed by atoms with van der Waals surface area (Å²) in [7, 11) is 1.59. The van der Waals surface area contributed by atoms with E-state index in [4.69, 9.17) is 4.98 Å². The topological polar surface area (TPSA) is 82.1 Å². The van der Waals surface area contributed by atoms with Crippen LogP contribution in [0.25, 0.3) is 11.2 Å². The van der Waals surface area contributed by atoms with E-state index in [1.54, 1.807) is 31.3 Å². The van der Waals surface area contributed by atoms with E-state index in [0.29, 0.717) is 29.2 Å². The summed E-state index contributed by atoms with van der Waals surface area (Å²) in [6.45, 7) is 7.31. The Kier molecular flexibility index (Phi) is 5.23. The molecule has 3 heterocycles. The number of hydrogen-bond donors (Lipinski definition) is 0. The summed E-state index contributed by atoms with van der Waals surface area (Å²) in [5.74, 6) is 0.598. The first kappa shape index (κ1) is 21.9. The summed E-state index contributed by atoms with van der Waals surface area (Å²) in [6.07, 6.45) is 0. The maximum absolute atomic E-state index is 13.6. The molecule has 0 bridgehead atoms. The number of ketones is 1. The van der Waals surface area contributed by atoms with Crippen molar-refractivity contribution in [2.75, 3.05) is 11.4 Å². The molecule has 0 radical (unpaired) electrons. The summed E-state index contributed by atoms with van der Waals surface area (Å²) in [4.78, 5) is 46.3. The Bertz CT molecular complexity index is 1540. The smallest absolute Gasteiger partial charge is 0.312 e. The van der Waals surface area contributed by atoms with Crippen LogP contribution in [0.5, 0.6) is 0 Å². The Morgan fingerprint density at radius 3 is 2.47 bits per heavy atom. The van der Waals surface area contributed by atoms with Crippen molar-refractivity contribution >= 4 is 28.6 Å². The van der Waals surface area contributed by atoms with E-state index in [-0.39, 0.29) is 18.2 Å². The van der Waals surface area contributed by atoms with Crippen molar-refractivity contribution in [3.05, 3.63) is 86.1 Å². The lowest BCUT2D eigenvalue weighted by atomic mass is 10.1. The van der Waals surface area contributed by atoms with E-state index in [1.165, 1.54) is 15.7 Å². The lowest BCUT2D eigenvalue weighted by molar-refractivity contribution is 0.0969. The Balaban J connectivity index is 1.68. The lowest BCUT2D eigenvalue weighted by Gasteiger charge is -2.33. The number of fused-ring (bicyclic) bond motifs is 3. The molecule has 0 unspecified atom stereocenters. The molecular weight excluding hydrogens is 430 g/mol. The van der Waals surface area contributed by atoms with Crippen LogP contribution >= 0.6 is 0 Å². The van der Waals surface area contributed by atoms with Crippen molar-refractivity contribution in [1.82, 2.24) is 18.7 Å². The second kappa shape index (κ2) is 8.13. The normalized spacial score (nSPS) is 15.5. The van der Waals surface area contributed by atoms with Crippen LogP contribution in [-0.2, 0) is 20.1 Å². The molecule has 1 aliphatic heterocycles. The van der Waals surface area contributed by atoms with Gasteiger partial charge < -0.3 is 9.47 Å². The molecule has 1 aliphatic rings.